The summed E-state index contributed by atoms with van der Waals surface area (Å²) in [6, 6.07) is 16.6. The average Bonchev–Trinajstić information content (AvgIpc) is 3.08. The maximum atomic E-state index is 12.4. The van der Waals surface area contributed by atoms with Crippen LogP contribution in [0.2, 0.25) is 5.02 Å². The van der Waals surface area contributed by atoms with Gasteiger partial charge in [-0.1, -0.05) is 48.0 Å². The van der Waals surface area contributed by atoms with E-state index in [1.54, 1.807) is 18.2 Å². The van der Waals surface area contributed by atoms with Gasteiger partial charge in [0, 0.05) is 17.2 Å². The molecule has 0 spiro atoms. The molecule has 3 aromatic rings. The van der Waals surface area contributed by atoms with E-state index in [1.807, 2.05) is 36.4 Å². The molecule has 1 amide bonds. The largest absolute Gasteiger partial charge is 0.454 e. The number of rotatable bonds is 3. The quantitative estimate of drug-likeness (QED) is 0.573. The van der Waals surface area contributed by atoms with Crippen LogP contribution >= 0.6 is 11.6 Å². The minimum Gasteiger partial charge on any atom is -0.454 e. The Labute approximate surface area is 148 Å². The van der Waals surface area contributed by atoms with Crippen LogP contribution in [0.5, 0.6) is 11.5 Å². The number of hydrazone groups is 1. The van der Waals surface area contributed by atoms with Gasteiger partial charge < -0.3 is 9.47 Å². The van der Waals surface area contributed by atoms with Crippen molar-refractivity contribution in [3.63, 3.8) is 0 Å². The van der Waals surface area contributed by atoms with Crippen molar-refractivity contribution in [2.75, 3.05) is 6.79 Å². The summed E-state index contributed by atoms with van der Waals surface area (Å²) in [4.78, 5) is 12.4. The summed E-state index contributed by atoms with van der Waals surface area (Å²) in [6.45, 7) is 0.171. The van der Waals surface area contributed by atoms with Gasteiger partial charge in [-0.05, 0) is 22.9 Å². The highest BCUT2D eigenvalue weighted by atomic mass is 35.5. The predicted octanol–water partition coefficient (Wildman–Crippen LogP) is 3.99. The van der Waals surface area contributed by atoms with Gasteiger partial charge in [-0.15, -0.1) is 0 Å². The lowest BCUT2D eigenvalue weighted by Gasteiger charge is -2.05. The molecule has 0 unspecified atom stereocenters. The fourth-order valence-electron chi connectivity index (χ4n) is 2.68. The number of benzene rings is 3. The molecular weight excluding hydrogens is 340 g/mol. The molecule has 4 rings (SSSR count). The summed E-state index contributed by atoms with van der Waals surface area (Å²) < 4.78 is 10.6. The smallest absolute Gasteiger partial charge is 0.271 e. The van der Waals surface area contributed by atoms with Crippen LogP contribution in [0.25, 0.3) is 10.8 Å². The number of carbonyl (C=O) groups excluding carboxylic acids is 1. The third-order valence-corrected chi connectivity index (χ3v) is 4.22. The van der Waals surface area contributed by atoms with Crippen LogP contribution in [0.1, 0.15) is 15.9 Å². The summed E-state index contributed by atoms with van der Waals surface area (Å²) in [7, 11) is 0. The van der Waals surface area contributed by atoms with Crippen molar-refractivity contribution < 1.29 is 14.3 Å². The van der Waals surface area contributed by atoms with E-state index < -0.39 is 0 Å². The Balaban J connectivity index is 1.55. The molecule has 0 fully saturated rings. The highest BCUT2D eigenvalue weighted by Crippen LogP contribution is 2.36. The van der Waals surface area contributed by atoms with Gasteiger partial charge >= 0.3 is 0 Å². The lowest BCUT2D eigenvalue weighted by molar-refractivity contribution is 0.0957. The SMILES string of the molecule is O=C(NN=Cc1cc2c(cc1Cl)OCO2)c1cccc2ccccc12. The van der Waals surface area contributed by atoms with Crippen molar-refractivity contribution in [1.29, 1.82) is 0 Å². The van der Waals surface area contributed by atoms with Gasteiger partial charge in [-0.25, -0.2) is 5.43 Å². The van der Waals surface area contributed by atoms with Gasteiger partial charge in [-0.2, -0.15) is 5.10 Å². The molecule has 0 atom stereocenters. The topological polar surface area (TPSA) is 59.9 Å². The number of ether oxygens (including phenoxy) is 2. The number of carbonyl (C=O) groups is 1. The van der Waals surface area contributed by atoms with Crippen LogP contribution in [0.15, 0.2) is 59.7 Å². The second kappa shape index (κ2) is 6.45. The van der Waals surface area contributed by atoms with Crippen LogP contribution < -0.4 is 14.9 Å². The maximum Gasteiger partial charge on any atom is 0.271 e. The zero-order chi connectivity index (χ0) is 17.2. The molecule has 0 bridgehead atoms. The highest BCUT2D eigenvalue weighted by molar-refractivity contribution is 6.33. The monoisotopic (exact) mass is 352 g/mol. The van der Waals surface area contributed by atoms with E-state index in [1.165, 1.54) is 6.21 Å². The number of nitrogens with zero attached hydrogens (tertiary/aromatic N) is 1. The van der Waals surface area contributed by atoms with E-state index in [-0.39, 0.29) is 12.7 Å². The third kappa shape index (κ3) is 3.02. The zero-order valence-electron chi connectivity index (χ0n) is 13.0. The first-order valence-corrected chi connectivity index (χ1v) is 8.00. The third-order valence-electron chi connectivity index (χ3n) is 3.90. The van der Waals surface area contributed by atoms with E-state index in [9.17, 15) is 4.79 Å². The lowest BCUT2D eigenvalue weighted by atomic mass is 10.0. The van der Waals surface area contributed by atoms with Gasteiger partial charge in [0.25, 0.3) is 5.91 Å². The minimum atomic E-state index is -0.287. The molecule has 0 radical (unpaired) electrons. The summed E-state index contributed by atoms with van der Waals surface area (Å²) in [5.74, 6) is 0.915. The van der Waals surface area contributed by atoms with Crippen molar-refractivity contribution in [2.45, 2.75) is 0 Å². The molecule has 0 saturated heterocycles. The average molecular weight is 353 g/mol. The first kappa shape index (κ1) is 15.5. The number of fused-ring (bicyclic) bond motifs is 2. The predicted molar refractivity (Wildman–Crippen MR) is 96.6 cm³/mol. The van der Waals surface area contributed by atoms with Crippen molar-refractivity contribution in [1.82, 2.24) is 5.43 Å². The number of amides is 1. The van der Waals surface area contributed by atoms with E-state index in [4.69, 9.17) is 21.1 Å². The first-order valence-electron chi connectivity index (χ1n) is 7.63. The maximum absolute atomic E-state index is 12.4. The summed E-state index contributed by atoms with van der Waals surface area (Å²) in [5, 5.41) is 6.34. The fraction of sp³-hybridized carbons (Fsp3) is 0.0526. The first-order chi connectivity index (χ1) is 12.2. The standard InChI is InChI=1S/C19H13ClN2O3/c20-16-9-18-17(24-11-25-18)8-13(16)10-21-22-19(23)15-7-3-5-12-4-1-2-6-14(12)15/h1-10H,11H2,(H,22,23). The van der Waals surface area contributed by atoms with Gasteiger partial charge in [0.2, 0.25) is 6.79 Å². The molecule has 6 heteroatoms. The molecule has 3 aromatic carbocycles. The van der Waals surface area contributed by atoms with Crippen molar-refractivity contribution in [3.05, 3.63) is 70.7 Å². The Hall–Kier alpha value is -3.05. The summed E-state index contributed by atoms with van der Waals surface area (Å²) >= 11 is 6.18. The summed E-state index contributed by atoms with van der Waals surface area (Å²) in [5.41, 5.74) is 3.73. The Morgan fingerprint density at radius 3 is 2.72 bits per heavy atom. The Bertz CT molecular complexity index is 996. The van der Waals surface area contributed by atoms with E-state index in [2.05, 4.69) is 10.5 Å². The lowest BCUT2D eigenvalue weighted by Crippen LogP contribution is -2.17. The molecule has 124 valence electrons. The van der Waals surface area contributed by atoms with Gasteiger partial charge in [0.05, 0.1) is 11.2 Å². The van der Waals surface area contributed by atoms with Crippen LogP contribution in [0, 0.1) is 0 Å². The van der Waals surface area contributed by atoms with Crippen LogP contribution in [-0.2, 0) is 0 Å². The van der Waals surface area contributed by atoms with Crippen LogP contribution in [0.4, 0.5) is 0 Å². The molecule has 0 saturated carbocycles. The molecular formula is C19H13ClN2O3. The molecule has 25 heavy (non-hydrogen) atoms. The summed E-state index contributed by atoms with van der Waals surface area (Å²) in [6.07, 6.45) is 1.48. The van der Waals surface area contributed by atoms with E-state index in [0.717, 1.165) is 10.8 Å². The van der Waals surface area contributed by atoms with Gasteiger partial charge in [0.1, 0.15) is 0 Å². The number of halogens is 1. The normalized spacial score (nSPS) is 12.7. The van der Waals surface area contributed by atoms with Crippen LogP contribution in [-0.4, -0.2) is 18.9 Å². The fourth-order valence-corrected chi connectivity index (χ4v) is 2.88. The molecule has 5 nitrogen and oxygen atoms in total. The van der Waals surface area contributed by atoms with E-state index in [0.29, 0.717) is 27.6 Å². The molecule has 1 aliphatic heterocycles. The van der Waals surface area contributed by atoms with Crippen LogP contribution in [0.3, 0.4) is 0 Å². The molecule has 1 heterocycles. The number of hydrogen-bond acceptors (Lipinski definition) is 4. The van der Waals surface area contributed by atoms with E-state index >= 15 is 0 Å². The Kier molecular flexibility index (Phi) is 3.99. The molecule has 0 aromatic heterocycles. The second-order valence-corrected chi connectivity index (χ2v) is 5.86. The minimum absolute atomic E-state index is 0.171. The second-order valence-electron chi connectivity index (χ2n) is 5.45. The van der Waals surface area contributed by atoms with Crippen molar-refractivity contribution in [2.24, 2.45) is 5.10 Å². The van der Waals surface area contributed by atoms with Gasteiger partial charge in [0.15, 0.2) is 11.5 Å². The Morgan fingerprint density at radius 2 is 1.84 bits per heavy atom. The van der Waals surface area contributed by atoms with Crippen molar-refractivity contribution in [3.8, 4) is 11.5 Å². The number of hydrogen-bond donors (Lipinski definition) is 1. The van der Waals surface area contributed by atoms with Gasteiger partial charge in [-0.3, -0.25) is 4.79 Å². The highest BCUT2D eigenvalue weighted by Gasteiger charge is 2.16. The molecule has 0 aliphatic carbocycles. The number of nitrogens with one attached hydrogen (secondary N) is 1. The zero-order valence-corrected chi connectivity index (χ0v) is 13.8. The van der Waals surface area contributed by atoms with Crippen molar-refractivity contribution >= 4 is 34.5 Å². The molecule has 1 N–H and O–H groups in total. The molecule has 1 aliphatic rings. The Morgan fingerprint density at radius 1 is 1.08 bits per heavy atom.